The Bertz CT molecular complexity index is 308. The Morgan fingerprint density at radius 1 is 1.29 bits per heavy atom. The van der Waals surface area contributed by atoms with Gasteiger partial charge in [-0.1, -0.05) is 5.16 Å². The van der Waals surface area contributed by atoms with Gasteiger partial charge >= 0.3 is 0 Å². The maximum Gasteiger partial charge on any atom is 0.118 e. The molecule has 0 fully saturated rings. The van der Waals surface area contributed by atoms with Crippen LogP contribution in [0.2, 0.25) is 0 Å². The van der Waals surface area contributed by atoms with E-state index >= 15 is 0 Å². The summed E-state index contributed by atoms with van der Waals surface area (Å²) in [6.07, 6.45) is 0. The number of alkyl halides is 1. The maximum atomic E-state index is 5.71. The van der Waals surface area contributed by atoms with Gasteiger partial charge in [-0.2, -0.15) is 0 Å². The lowest BCUT2D eigenvalue weighted by Crippen LogP contribution is -2.02. The van der Waals surface area contributed by atoms with Gasteiger partial charge in [0.2, 0.25) is 0 Å². The number of hydrogen-bond acceptors (Lipinski definition) is 3. The molecule has 4 heteroatoms. The Morgan fingerprint density at radius 3 is 2.36 bits per heavy atom. The van der Waals surface area contributed by atoms with Crippen molar-refractivity contribution in [2.24, 2.45) is 5.16 Å². The van der Waals surface area contributed by atoms with Gasteiger partial charge in [-0.05, 0) is 24.3 Å². The fourth-order valence-corrected chi connectivity index (χ4v) is 1.25. The predicted molar refractivity (Wildman–Crippen MR) is 57.3 cm³/mol. The van der Waals surface area contributed by atoms with Crippen molar-refractivity contribution in [2.75, 3.05) is 20.1 Å². The third-order valence-electron chi connectivity index (χ3n) is 1.75. The molecular weight excluding hydrogens is 202 g/mol. The first-order valence-corrected chi connectivity index (χ1v) is 4.65. The number of rotatable bonds is 4. The molecule has 3 nitrogen and oxygen atoms in total. The Morgan fingerprint density at radius 2 is 1.93 bits per heavy atom. The van der Waals surface area contributed by atoms with Crippen molar-refractivity contribution in [3.05, 3.63) is 29.8 Å². The number of nitrogens with zero attached hydrogens (tertiary/aromatic N) is 1. The summed E-state index contributed by atoms with van der Waals surface area (Å²) >= 11 is 5.71. The molecule has 0 radical (unpaired) electrons. The molecule has 0 aromatic heterocycles. The summed E-state index contributed by atoms with van der Waals surface area (Å²) in [7, 11) is 3.12. The smallest absolute Gasteiger partial charge is 0.118 e. The molecule has 76 valence electrons. The van der Waals surface area contributed by atoms with E-state index in [1.165, 1.54) is 7.11 Å². The number of hydrogen-bond donors (Lipinski definition) is 0. The van der Waals surface area contributed by atoms with E-state index in [-0.39, 0.29) is 0 Å². The lowest BCUT2D eigenvalue weighted by Gasteiger charge is -2.03. The van der Waals surface area contributed by atoms with Gasteiger partial charge in [0.25, 0.3) is 0 Å². The molecule has 0 saturated heterocycles. The van der Waals surface area contributed by atoms with Crippen molar-refractivity contribution >= 4 is 17.3 Å². The average Bonchev–Trinajstić information content (AvgIpc) is 2.26. The Kier molecular flexibility index (Phi) is 4.26. The molecule has 0 N–H and O–H groups in total. The van der Waals surface area contributed by atoms with Gasteiger partial charge in [0.05, 0.1) is 13.0 Å². The van der Waals surface area contributed by atoms with Crippen molar-refractivity contribution in [3.63, 3.8) is 0 Å². The first-order valence-electron chi connectivity index (χ1n) is 4.12. The topological polar surface area (TPSA) is 30.8 Å². The van der Waals surface area contributed by atoms with Gasteiger partial charge in [-0.25, -0.2) is 0 Å². The molecule has 0 atom stereocenters. The van der Waals surface area contributed by atoms with Crippen molar-refractivity contribution in [3.8, 4) is 5.75 Å². The van der Waals surface area contributed by atoms with E-state index in [1.807, 2.05) is 24.3 Å². The van der Waals surface area contributed by atoms with Gasteiger partial charge in [-0.3, -0.25) is 0 Å². The molecule has 0 spiro atoms. The summed E-state index contributed by atoms with van der Waals surface area (Å²) in [5.41, 5.74) is 1.64. The van der Waals surface area contributed by atoms with E-state index < -0.39 is 0 Å². The minimum atomic E-state index is 0.320. The molecular formula is C10H12ClNO2. The van der Waals surface area contributed by atoms with Crippen LogP contribution in [0.1, 0.15) is 5.56 Å². The minimum Gasteiger partial charge on any atom is -0.497 e. The largest absolute Gasteiger partial charge is 0.497 e. The second-order valence-electron chi connectivity index (χ2n) is 2.58. The molecule has 1 aromatic rings. The van der Waals surface area contributed by atoms with Gasteiger partial charge in [0, 0.05) is 5.56 Å². The number of ether oxygens (including phenoxy) is 1. The fraction of sp³-hybridized carbons (Fsp3) is 0.300. The van der Waals surface area contributed by atoms with E-state index in [1.54, 1.807) is 7.11 Å². The SMILES string of the molecule is CO/N=C(\CCl)c1ccc(OC)cc1. The van der Waals surface area contributed by atoms with E-state index in [2.05, 4.69) is 9.99 Å². The van der Waals surface area contributed by atoms with Crippen LogP contribution < -0.4 is 4.74 Å². The molecule has 0 aliphatic heterocycles. The van der Waals surface area contributed by atoms with Crippen molar-refractivity contribution in [2.45, 2.75) is 0 Å². The monoisotopic (exact) mass is 213 g/mol. The average molecular weight is 214 g/mol. The van der Waals surface area contributed by atoms with Crippen LogP contribution in [0.4, 0.5) is 0 Å². The third-order valence-corrected chi connectivity index (χ3v) is 2.00. The first-order chi connectivity index (χ1) is 6.81. The summed E-state index contributed by atoms with van der Waals surface area (Å²) in [6, 6.07) is 7.48. The van der Waals surface area contributed by atoms with Gasteiger partial charge < -0.3 is 9.57 Å². The van der Waals surface area contributed by atoms with Crippen LogP contribution in [0, 0.1) is 0 Å². The van der Waals surface area contributed by atoms with Gasteiger partial charge in [0.15, 0.2) is 0 Å². The van der Waals surface area contributed by atoms with Crippen LogP contribution in [0.25, 0.3) is 0 Å². The van der Waals surface area contributed by atoms with Crippen LogP contribution in [0.5, 0.6) is 5.75 Å². The zero-order valence-corrected chi connectivity index (χ0v) is 8.91. The summed E-state index contributed by atoms with van der Waals surface area (Å²) in [6.45, 7) is 0. The Labute approximate surface area is 88.3 Å². The van der Waals surface area contributed by atoms with Crippen LogP contribution >= 0.6 is 11.6 Å². The zero-order chi connectivity index (χ0) is 10.4. The lowest BCUT2D eigenvalue weighted by atomic mass is 10.1. The van der Waals surface area contributed by atoms with Crippen LogP contribution in [0.3, 0.4) is 0 Å². The summed E-state index contributed by atoms with van der Waals surface area (Å²) < 4.78 is 5.04. The highest BCUT2D eigenvalue weighted by atomic mass is 35.5. The summed E-state index contributed by atoms with van der Waals surface area (Å²) in [5.74, 6) is 1.13. The number of methoxy groups -OCH3 is 1. The highest BCUT2D eigenvalue weighted by Crippen LogP contribution is 2.12. The number of oxime groups is 1. The van der Waals surface area contributed by atoms with Gasteiger partial charge in [0.1, 0.15) is 18.6 Å². The highest BCUT2D eigenvalue weighted by molar-refractivity contribution is 6.31. The van der Waals surface area contributed by atoms with Gasteiger partial charge in [-0.15, -0.1) is 11.6 Å². The molecule has 0 aliphatic rings. The Balaban J connectivity index is 2.89. The standard InChI is InChI=1S/C10H12ClNO2/c1-13-9-5-3-8(4-6-9)10(7-11)12-14-2/h3-6H,7H2,1-2H3/b12-10+. The summed E-state index contributed by atoms with van der Waals surface area (Å²) in [5, 5.41) is 3.81. The molecule has 0 heterocycles. The number of benzene rings is 1. The quantitative estimate of drug-likeness (QED) is 0.437. The van der Waals surface area contributed by atoms with Crippen molar-refractivity contribution in [1.82, 2.24) is 0 Å². The molecule has 1 rings (SSSR count). The maximum absolute atomic E-state index is 5.71. The van der Waals surface area contributed by atoms with Crippen molar-refractivity contribution < 1.29 is 9.57 Å². The molecule has 0 aliphatic carbocycles. The molecule has 0 amide bonds. The van der Waals surface area contributed by atoms with Crippen LogP contribution in [-0.4, -0.2) is 25.8 Å². The highest BCUT2D eigenvalue weighted by Gasteiger charge is 2.02. The lowest BCUT2D eigenvalue weighted by molar-refractivity contribution is 0.213. The van der Waals surface area contributed by atoms with E-state index in [4.69, 9.17) is 16.3 Å². The minimum absolute atomic E-state index is 0.320. The second kappa shape index (κ2) is 5.50. The third kappa shape index (κ3) is 2.64. The normalized spacial score (nSPS) is 11.2. The van der Waals surface area contributed by atoms with Crippen LogP contribution in [0.15, 0.2) is 29.4 Å². The summed E-state index contributed by atoms with van der Waals surface area (Å²) in [4.78, 5) is 4.68. The fourth-order valence-electron chi connectivity index (χ4n) is 1.05. The first kappa shape index (κ1) is 10.9. The molecule has 1 aromatic carbocycles. The predicted octanol–water partition coefficient (Wildman–Crippen LogP) is 2.28. The molecule has 0 bridgehead atoms. The van der Waals surface area contributed by atoms with Crippen molar-refractivity contribution in [1.29, 1.82) is 0 Å². The molecule has 0 unspecified atom stereocenters. The Hall–Kier alpha value is -1.22. The molecule has 0 saturated carbocycles. The zero-order valence-electron chi connectivity index (χ0n) is 8.16. The van der Waals surface area contributed by atoms with E-state index in [0.717, 1.165) is 11.3 Å². The van der Waals surface area contributed by atoms with E-state index in [9.17, 15) is 0 Å². The molecule has 14 heavy (non-hydrogen) atoms. The second-order valence-corrected chi connectivity index (χ2v) is 2.85. The number of halogens is 1. The van der Waals surface area contributed by atoms with E-state index in [0.29, 0.717) is 11.6 Å². The van der Waals surface area contributed by atoms with Crippen LogP contribution in [-0.2, 0) is 4.84 Å².